The van der Waals surface area contributed by atoms with Gasteiger partial charge in [0.05, 0.1) is 6.61 Å². The molecule has 0 heterocycles. The van der Waals surface area contributed by atoms with Crippen LogP contribution in [0.4, 0.5) is 0 Å². The number of hydrogen-bond acceptors (Lipinski definition) is 3. The van der Waals surface area contributed by atoms with Crippen LogP contribution in [0.25, 0.3) is 0 Å². The molecule has 0 N–H and O–H groups in total. The molecule has 23 heavy (non-hydrogen) atoms. The van der Waals surface area contributed by atoms with Gasteiger partial charge in [0.25, 0.3) is 0 Å². The first kappa shape index (κ1) is 19.9. The van der Waals surface area contributed by atoms with Crippen molar-refractivity contribution in [2.75, 3.05) is 6.61 Å². The van der Waals surface area contributed by atoms with E-state index in [1.54, 1.807) is 0 Å². The summed E-state index contributed by atoms with van der Waals surface area (Å²) < 4.78 is 5.18. The molecule has 0 radical (unpaired) electrons. The summed E-state index contributed by atoms with van der Waals surface area (Å²) in [5, 5.41) is 0. The Morgan fingerprint density at radius 1 is 1.30 bits per heavy atom. The van der Waals surface area contributed by atoms with E-state index in [1.165, 1.54) is 0 Å². The quantitative estimate of drug-likeness (QED) is 0.221. The van der Waals surface area contributed by atoms with Crippen LogP contribution in [-0.2, 0) is 14.3 Å². The molecular weight excluding hydrogens is 304 g/mol. The van der Waals surface area contributed by atoms with Crippen LogP contribution in [0.5, 0.6) is 0 Å². The maximum absolute atomic E-state index is 12.1. The zero-order valence-electron chi connectivity index (χ0n) is 15.4. The first-order chi connectivity index (χ1) is 10.7. The van der Waals surface area contributed by atoms with E-state index in [1.807, 2.05) is 19.1 Å². The molecule has 1 aliphatic carbocycles. The predicted octanol–water partition coefficient (Wildman–Crippen LogP) is 4.77. The lowest BCUT2D eigenvalue weighted by Gasteiger charge is -2.36. The van der Waals surface area contributed by atoms with Gasteiger partial charge in [-0.25, -0.2) is 4.79 Å². The van der Waals surface area contributed by atoms with E-state index in [-0.39, 0.29) is 17.3 Å². The number of rotatable bonds is 7. The second-order valence-electron chi connectivity index (χ2n) is 8.00. The second-order valence-corrected chi connectivity index (χ2v) is 13.5. The molecule has 3 nitrogen and oxygen atoms in total. The minimum absolute atomic E-state index is 0.0870. The van der Waals surface area contributed by atoms with Crippen molar-refractivity contribution < 1.29 is 14.3 Å². The van der Waals surface area contributed by atoms with Gasteiger partial charge in [-0.3, -0.25) is 0 Å². The molecule has 0 amide bonds. The number of hydrogen-bond donors (Lipinski definition) is 0. The molecule has 0 aromatic rings. The van der Waals surface area contributed by atoms with Gasteiger partial charge in [-0.15, -0.1) is 0 Å². The maximum atomic E-state index is 12.1. The largest absolute Gasteiger partial charge is 0.463 e. The van der Waals surface area contributed by atoms with Crippen LogP contribution in [-0.4, -0.2) is 26.9 Å². The van der Waals surface area contributed by atoms with Crippen molar-refractivity contribution in [3.63, 3.8) is 0 Å². The molecule has 0 saturated heterocycles. The fraction of sp³-hybridized carbons (Fsp3) is 0.684. The molecule has 1 rings (SSSR count). The smallest absolute Gasteiger partial charge is 0.333 e. The van der Waals surface area contributed by atoms with Gasteiger partial charge in [0.15, 0.2) is 0 Å². The van der Waals surface area contributed by atoms with Gasteiger partial charge in [-0.05, 0) is 31.2 Å². The van der Waals surface area contributed by atoms with Crippen LogP contribution in [0, 0.1) is 11.3 Å². The number of esters is 1. The van der Waals surface area contributed by atoms with Crippen LogP contribution in [0.2, 0.25) is 25.7 Å². The highest BCUT2D eigenvalue weighted by Gasteiger charge is 2.33. The Morgan fingerprint density at radius 2 is 2.00 bits per heavy atom. The van der Waals surface area contributed by atoms with Crippen molar-refractivity contribution in [1.82, 2.24) is 0 Å². The van der Waals surface area contributed by atoms with Crippen LogP contribution in [0.3, 0.4) is 0 Å². The van der Waals surface area contributed by atoms with Crippen molar-refractivity contribution in [1.29, 1.82) is 0 Å². The molecule has 1 aliphatic rings. The second kappa shape index (κ2) is 8.62. The molecule has 4 heteroatoms. The van der Waals surface area contributed by atoms with Gasteiger partial charge in [-0.1, -0.05) is 57.6 Å². The molecular formula is C19H32O3Si. The number of aldehydes is 1. The van der Waals surface area contributed by atoms with Crippen molar-refractivity contribution in [2.45, 2.75) is 65.2 Å². The first-order valence-electron chi connectivity index (χ1n) is 8.72. The summed E-state index contributed by atoms with van der Waals surface area (Å²) in [6, 6.07) is 0.810. The molecule has 0 spiro atoms. The zero-order valence-corrected chi connectivity index (χ0v) is 16.4. The molecule has 0 unspecified atom stereocenters. The minimum Gasteiger partial charge on any atom is -0.463 e. The fourth-order valence-electron chi connectivity index (χ4n) is 3.19. The highest BCUT2D eigenvalue weighted by atomic mass is 28.3. The number of carbonyl (C=O) groups excluding carboxylic acids is 2. The zero-order chi connectivity index (χ0) is 17.5. The average molecular weight is 337 g/mol. The topological polar surface area (TPSA) is 43.4 Å². The summed E-state index contributed by atoms with van der Waals surface area (Å²) in [6.07, 6.45) is 11.4. The average Bonchev–Trinajstić information content (AvgIpc) is 2.45. The fourth-order valence-corrected chi connectivity index (χ4v) is 4.60. The van der Waals surface area contributed by atoms with E-state index < -0.39 is 8.07 Å². The van der Waals surface area contributed by atoms with Crippen molar-refractivity contribution >= 4 is 20.3 Å². The van der Waals surface area contributed by atoms with Gasteiger partial charge < -0.3 is 9.53 Å². The van der Waals surface area contributed by atoms with E-state index in [0.717, 1.165) is 43.6 Å². The van der Waals surface area contributed by atoms with Gasteiger partial charge >= 0.3 is 5.97 Å². The maximum Gasteiger partial charge on any atom is 0.333 e. The minimum atomic E-state index is -1.40. The monoisotopic (exact) mass is 336 g/mol. The molecule has 0 aromatic heterocycles. The summed E-state index contributed by atoms with van der Waals surface area (Å²) in [6.45, 7) is 11.1. The Bertz CT molecular complexity index is 473. The third kappa shape index (κ3) is 6.46. The number of allylic oxidation sites excluding steroid dienone is 3. The van der Waals surface area contributed by atoms with E-state index in [9.17, 15) is 9.59 Å². The lowest BCUT2D eigenvalue weighted by molar-refractivity contribution is -0.138. The van der Waals surface area contributed by atoms with Gasteiger partial charge in [0, 0.05) is 19.6 Å². The molecule has 1 fully saturated rings. The van der Waals surface area contributed by atoms with Crippen LogP contribution in [0.1, 0.15) is 39.5 Å². The Morgan fingerprint density at radius 3 is 2.57 bits per heavy atom. The standard InChI is InChI=1S/C19H32O3Si/c1-6-22-18(21)16(15-23(3,4)5)10-9-13-19(2)12-8-7-11-17(19)14-20/h9-10,13-14,17H,6-8,11-12,15H2,1-5H3/b13-9-,16-10-/t17-,19+/m0/s1. The summed E-state index contributed by atoms with van der Waals surface area (Å²) in [4.78, 5) is 23.5. The van der Waals surface area contributed by atoms with Gasteiger partial charge in [0.2, 0.25) is 0 Å². The number of ether oxygens (including phenoxy) is 1. The predicted molar refractivity (Wildman–Crippen MR) is 98.1 cm³/mol. The van der Waals surface area contributed by atoms with Gasteiger partial charge in [-0.2, -0.15) is 0 Å². The SMILES string of the molecule is CCOC(=O)/C(=C\C=C/[C@@]1(C)CCCC[C@H]1C=O)C[Si](C)(C)C. The van der Waals surface area contributed by atoms with Crippen LogP contribution in [0.15, 0.2) is 23.8 Å². The van der Waals surface area contributed by atoms with Crippen molar-refractivity contribution in [3.8, 4) is 0 Å². The van der Waals surface area contributed by atoms with Crippen molar-refractivity contribution in [2.24, 2.45) is 11.3 Å². The van der Waals surface area contributed by atoms with E-state index in [0.29, 0.717) is 6.61 Å². The highest BCUT2D eigenvalue weighted by molar-refractivity contribution is 6.77. The lowest BCUT2D eigenvalue weighted by Crippen LogP contribution is -2.30. The first-order valence-corrected chi connectivity index (χ1v) is 12.4. The van der Waals surface area contributed by atoms with Crippen LogP contribution < -0.4 is 0 Å². The third-order valence-corrected chi connectivity index (χ3v) is 5.97. The summed E-state index contributed by atoms with van der Waals surface area (Å²) in [7, 11) is -1.40. The van der Waals surface area contributed by atoms with Crippen LogP contribution >= 0.6 is 0 Å². The summed E-state index contributed by atoms with van der Waals surface area (Å²) in [5.41, 5.74) is 0.666. The molecule has 130 valence electrons. The molecule has 2 atom stereocenters. The summed E-state index contributed by atoms with van der Waals surface area (Å²) >= 11 is 0. The number of carbonyl (C=O) groups is 2. The van der Waals surface area contributed by atoms with Gasteiger partial charge in [0.1, 0.15) is 6.29 Å². The molecule has 1 saturated carbocycles. The Kier molecular flexibility index (Phi) is 7.45. The molecule has 0 aromatic carbocycles. The highest BCUT2D eigenvalue weighted by Crippen LogP contribution is 2.41. The Labute approximate surface area is 142 Å². The normalized spacial score (nSPS) is 26.3. The van der Waals surface area contributed by atoms with E-state index in [2.05, 4.69) is 32.6 Å². The summed E-state index contributed by atoms with van der Waals surface area (Å²) in [5.74, 6) is -0.121. The molecule has 0 bridgehead atoms. The van der Waals surface area contributed by atoms with E-state index in [4.69, 9.17) is 4.74 Å². The Hall–Kier alpha value is -1.16. The lowest BCUT2D eigenvalue weighted by atomic mass is 9.68. The van der Waals surface area contributed by atoms with Crippen molar-refractivity contribution in [3.05, 3.63) is 23.8 Å². The Balaban J connectivity index is 2.93. The third-order valence-electron chi connectivity index (χ3n) is 4.52. The molecule has 0 aliphatic heterocycles. The van der Waals surface area contributed by atoms with E-state index >= 15 is 0 Å².